The van der Waals surface area contributed by atoms with Crippen LogP contribution in [-0.2, 0) is 16.1 Å². The van der Waals surface area contributed by atoms with Gasteiger partial charge in [0.1, 0.15) is 0 Å². The van der Waals surface area contributed by atoms with Crippen molar-refractivity contribution >= 4 is 5.91 Å². The highest BCUT2D eigenvalue weighted by atomic mass is 16.5. The lowest BCUT2D eigenvalue weighted by molar-refractivity contribution is -0.125. The van der Waals surface area contributed by atoms with Crippen molar-refractivity contribution < 1.29 is 9.53 Å². The minimum absolute atomic E-state index is 0.113. The molecule has 1 amide bonds. The minimum atomic E-state index is 0.113. The van der Waals surface area contributed by atoms with Gasteiger partial charge in [0.15, 0.2) is 0 Å². The van der Waals surface area contributed by atoms with Gasteiger partial charge in [0.05, 0.1) is 6.54 Å². The third-order valence-electron chi connectivity index (χ3n) is 5.09. The van der Waals surface area contributed by atoms with E-state index >= 15 is 0 Å². The van der Waals surface area contributed by atoms with Gasteiger partial charge in [-0.05, 0) is 31.4 Å². The van der Waals surface area contributed by atoms with Gasteiger partial charge in [-0.2, -0.15) is 0 Å². The summed E-state index contributed by atoms with van der Waals surface area (Å²) >= 11 is 0. The zero-order valence-electron chi connectivity index (χ0n) is 13.7. The van der Waals surface area contributed by atoms with Crippen LogP contribution in [0.25, 0.3) is 0 Å². The number of ether oxygens (including phenoxy) is 1. The summed E-state index contributed by atoms with van der Waals surface area (Å²) in [7, 11) is 0. The number of nitrogens with one attached hydrogen (secondary N) is 2. The fourth-order valence-electron chi connectivity index (χ4n) is 3.65. The fraction of sp³-hybridized carbons (Fsp3) is 0.611. The Morgan fingerprint density at radius 1 is 1.17 bits per heavy atom. The number of hydrogen-bond acceptors (Lipinski definition) is 4. The first-order valence-electron chi connectivity index (χ1n) is 8.63. The summed E-state index contributed by atoms with van der Waals surface area (Å²) in [6.07, 6.45) is 3.16. The highest BCUT2D eigenvalue weighted by molar-refractivity contribution is 5.78. The van der Waals surface area contributed by atoms with E-state index in [9.17, 15) is 4.79 Å². The normalized spacial score (nSPS) is 21.7. The molecule has 2 N–H and O–H groups in total. The third kappa shape index (κ3) is 4.31. The SMILES string of the molecule is O=C(CN1CCNCCC12CCOCC2)NCc1ccccc1. The van der Waals surface area contributed by atoms with Gasteiger partial charge >= 0.3 is 0 Å². The lowest BCUT2D eigenvalue weighted by Gasteiger charge is -2.45. The zero-order chi connectivity index (χ0) is 16.0. The molecular weight excluding hydrogens is 290 g/mol. The summed E-state index contributed by atoms with van der Waals surface area (Å²) in [4.78, 5) is 14.8. The van der Waals surface area contributed by atoms with E-state index in [1.807, 2.05) is 30.3 Å². The maximum absolute atomic E-state index is 12.4. The molecule has 3 rings (SSSR count). The molecule has 5 nitrogen and oxygen atoms in total. The Hall–Kier alpha value is -1.43. The maximum Gasteiger partial charge on any atom is 0.234 e. The van der Waals surface area contributed by atoms with Crippen LogP contribution in [0.2, 0.25) is 0 Å². The van der Waals surface area contributed by atoms with Crippen molar-refractivity contribution in [1.82, 2.24) is 15.5 Å². The van der Waals surface area contributed by atoms with E-state index in [0.717, 1.165) is 57.7 Å². The van der Waals surface area contributed by atoms with Gasteiger partial charge in [0.25, 0.3) is 0 Å². The Labute approximate surface area is 138 Å². The monoisotopic (exact) mass is 317 g/mol. The fourth-order valence-corrected chi connectivity index (χ4v) is 3.65. The molecule has 0 aromatic heterocycles. The number of nitrogens with zero attached hydrogens (tertiary/aromatic N) is 1. The second-order valence-electron chi connectivity index (χ2n) is 6.52. The van der Waals surface area contributed by atoms with E-state index in [1.165, 1.54) is 0 Å². The average Bonchev–Trinajstić information content (AvgIpc) is 2.78. The highest BCUT2D eigenvalue weighted by Crippen LogP contribution is 2.31. The Bertz CT molecular complexity index is 500. The Kier molecular flexibility index (Phi) is 5.65. The summed E-state index contributed by atoms with van der Waals surface area (Å²) in [6.45, 7) is 5.61. The third-order valence-corrected chi connectivity index (χ3v) is 5.09. The molecule has 2 aliphatic heterocycles. The first-order valence-corrected chi connectivity index (χ1v) is 8.63. The van der Waals surface area contributed by atoms with Crippen molar-refractivity contribution in [2.24, 2.45) is 0 Å². The van der Waals surface area contributed by atoms with Crippen molar-refractivity contribution in [2.45, 2.75) is 31.3 Å². The lowest BCUT2D eigenvalue weighted by atomic mass is 9.85. The average molecular weight is 317 g/mol. The Balaban J connectivity index is 1.58. The van der Waals surface area contributed by atoms with Gasteiger partial charge in [-0.1, -0.05) is 30.3 Å². The Morgan fingerprint density at radius 3 is 2.74 bits per heavy atom. The van der Waals surface area contributed by atoms with Crippen molar-refractivity contribution in [3.63, 3.8) is 0 Å². The first-order chi connectivity index (χ1) is 11.3. The molecule has 5 heteroatoms. The van der Waals surface area contributed by atoms with E-state index in [-0.39, 0.29) is 11.4 Å². The number of rotatable bonds is 4. The van der Waals surface area contributed by atoms with Crippen molar-refractivity contribution in [1.29, 1.82) is 0 Å². The quantitative estimate of drug-likeness (QED) is 0.875. The molecule has 0 bridgehead atoms. The van der Waals surface area contributed by atoms with E-state index in [4.69, 9.17) is 4.74 Å². The molecule has 2 fully saturated rings. The topological polar surface area (TPSA) is 53.6 Å². The van der Waals surface area contributed by atoms with Crippen LogP contribution in [0.4, 0.5) is 0 Å². The molecule has 2 heterocycles. The van der Waals surface area contributed by atoms with Crippen LogP contribution in [0.1, 0.15) is 24.8 Å². The maximum atomic E-state index is 12.4. The van der Waals surface area contributed by atoms with Gasteiger partial charge < -0.3 is 15.4 Å². The minimum Gasteiger partial charge on any atom is -0.381 e. The van der Waals surface area contributed by atoms with Crippen LogP contribution in [0.5, 0.6) is 0 Å². The molecule has 126 valence electrons. The standard InChI is InChI=1S/C18H27N3O2/c22-17(20-14-16-4-2-1-3-5-16)15-21-11-10-19-9-6-18(21)7-12-23-13-8-18/h1-5,19H,6-15H2,(H,20,22). The van der Waals surface area contributed by atoms with E-state index < -0.39 is 0 Å². The second-order valence-corrected chi connectivity index (χ2v) is 6.52. The van der Waals surface area contributed by atoms with Crippen LogP contribution in [0, 0.1) is 0 Å². The summed E-state index contributed by atoms with van der Waals surface area (Å²) in [5.41, 5.74) is 1.27. The van der Waals surface area contributed by atoms with Gasteiger partial charge in [-0.25, -0.2) is 0 Å². The highest BCUT2D eigenvalue weighted by Gasteiger charge is 2.39. The van der Waals surface area contributed by atoms with Crippen LogP contribution >= 0.6 is 0 Å². The summed E-state index contributed by atoms with van der Waals surface area (Å²) in [6, 6.07) is 10.1. The molecule has 23 heavy (non-hydrogen) atoms. The molecule has 0 saturated carbocycles. The lowest BCUT2D eigenvalue weighted by Crippen LogP contribution is -2.55. The van der Waals surface area contributed by atoms with Crippen molar-refractivity contribution in [3.05, 3.63) is 35.9 Å². The van der Waals surface area contributed by atoms with Gasteiger partial charge in [0, 0.05) is 38.4 Å². The smallest absolute Gasteiger partial charge is 0.234 e. The molecule has 0 atom stereocenters. The predicted octanol–water partition coefficient (Wildman–Crippen LogP) is 1.15. The molecule has 1 spiro atoms. The molecule has 1 aromatic carbocycles. The predicted molar refractivity (Wildman–Crippen MR) is 90.1 cm³/mol. The van der Waals surface area contributed by atoms with Gasteiger partial charge in [0.2, 0.25) is 5.91 Å². The van der Waals surface area contributed by atoms with Crippen LogP contribution in [0.3, 0.4) is 0 Å². The number of amides is 1. The number of hydrogen-bond donors (Lipinski definition) is 2. The van der Waals surface area contributed by atoms with E-state index in [1.54, 1.807) is 0 Å². The number of carbonyl (C=O) groups excluding carboxylic acids is 1. The van der Waals surface area contributed by atoms with Crippen LogP contribution in [-0.4, -0.2) is 55.7 Å². The molecule has 2 saturated heterocycles. The van der Waals surface area contributed by atoms with Crippen LogP contribution in [0.15, 0.2) is 30.3 Å². The van der Waals surface area contributed by atoms with Gasteiger partial charge in [-0.3, -0.25) is 9.69 Å². The Morgan fingerprint density at radius 2 is 1.96 bits per heavy atom. The number of carbonyl (C=O) groups is 1. The van der Waals surface area contributed by atoms with Crippen molar-refractivity contribution in [3.8, 4) is 0 Å². The number of benzene rings is 1. The second kappa shape index (κ2) is 7.90. The molecule has 0 unspecified atom stereocenters. The van der Waals surface area contributed by atoms with Crippen LogP contribution < -0.4 is 10.6 Å². The molecular formula is C18H27N3O2. The van der Waals surface area contributed by atoms with Crippen molar-refractivity contribution in [2.75, 3.05) is 39.4 Å². The van der Waals surface area contributed by atoms with E-state index in [2.05, 4.69) is 15.5 Å². The summed E-state index contributed by atoms with van der Waals surface area (Å²) < 4.78 is 5.55. The molecule has 0 radical (unpaired) electrons. The summed E-state index contributed by atoms with van der Waals surface area (Å²) in [5.74, 6) is 0.113. The molecule has 1 aromatic rings. The summed E-state index contributed by atoms with van der Waals surface area (Å²) in [5, 5.41) is 6.52. The molecule has 2 aliphatic rings. The van der Waals surface area contributed by atoms with E-state index in [0.29, 0.717) is 13.1 Å². The zero-order valence-corrected chi connectivity index (χ0v) is 13.7. The first kappa shape index (κ1) is 16.4. The van der Waals surface area contributed by atoms with Gasteiger partial charge in [-0.15, -0.1) is 0 Å². The molecule has 0 aliphatic carbocycles. The largest absolute Gasteiger partial charge is 0.381 e.